The zero-order valence-corrected chi connectivity index (χ0v) is 19.4. The quantitative estimate of drug-likeness (QED) is 0.419. The summed E-state index contributed by atoms with van der Waals surface area (Å²) >= 11 is 11.7. The first kappa shape index (κ1) is 22.0. The van der Waals surface area contributed by atoms with Gasteiger partial charge in [0.25, 0.3) is 0 Å². The van der Waals surface area contributed by atoms with Gasteiger partial charge in [0.1, 0.15) is 0 Å². The Balaban J connectivity index is 1.25. The Morgan fingerprint density at radius 3 is 1.80 bits per heavy atom. The lowest BCUT2D eigenvalue weighted by atomic mass is 9.68. The number of halogens is 2. The second kappa shape index (κ2) is 10.9. The average molecular weight is 441 g/mol. The smallest absolute Gasteiger partial charge is 0.0406 e. The molecule has 0 aromatic heterocycles. The second-order valence-electron chi connectivity index (χ2n) is 9.46. The summed E-state index contributed by atoms with van der Waals surface area (Å²) < 4.78 is 0. The fourth-order valence-corrected chi connectivity index (χ4v) is 6.11. The van der Waals surface area contributed by atoms with Crippen LogP contribution in [0.3, 0.4) is 0 Å². The van der Waals surface area contributed by atoms with Gasteiger partial charge in [-0.05, 0) is 104 Å². The third kappa shape index (κ3) is 5.71. The summed E-state index contributed by atoms with van der Waals surface area (Å²) in [6.07, 6.45) is 16.0. The van der Waals surface area contributed by atoms with Gasteiger partial charge in [0, 0.05) is 10.6 Å². The Morgan fingerprint density at radius 2 is 1.23 bits per heavy atom. The van der Waals surface area contributed by atoms with Crippen LogP contribution in [0.4, 0.5) is 0 Å². The highest BCUT2D eigenvalue weighted by Crippen LogP contribution is 2.44. The van der Waals surface area contributed by atoms with Crippen LogP contribution in [0, 0.1) is 17.8 Å². The van der Waals surface area contributed by atoms with E-state index in [1.165, 1.54) is 74.5 Å². The van der Waals surface area contributed by atoms with Crippen LogP contribution < -0.4 is 0 Å². The van der Waals surface area contributed by atoms with Crippen LogP contribution in [0.2, 0.25) is 5.02 Å². The van der Waals surface area contributed by atoms with E-state index in [9.17, 15) is 0 Å². The minimum atomic E-state index is 0.749. The molecule has 0 bridgehead atoms. The van der Waals surface area contributed by atoms with E-state index < -0.39 is 0 Å². The predicted molar refractivity (Wildman–Crippen MR) is 131 cm³/mol. The first-order valence-corrected chi connectivity index (χ1v) is 12.7. The SMILES string of the molecule is Cl/C=C/CCC1CCC(C2CCC(c3ccc(-c4ccc(Cl)cc4)cc3)CC2)CC1. The molecule has 0 nitrogen and oxygen atoms in total. The van der Waals surface area contributed by atoms with Gasteiger partial charge < -0.3 is 0 Å². The highest BCUT2D eigenvalue weighted by Gasteiger charge is 2.31. The van der Waals surface area contributed by atoms with Crippen molar-refractivity contribution in [2.24, 2.45) is 17.8 Å². The molecular formula is C28H34Cl2. The number of benzene rings is 2. The maximum absolute atomic E-state index is 6.02. The van der Waals surface area contributed by atoms with Crippen molar-refractivity contribution in [2.75, 3.05) is 0 Å². The van der Waals surface area contributed by atoms with Crippen LogP contribution in [0.15, 0.2) is 60.1 Å². The molecule has 0 saturated heterocycles. The van der Waals surface area contributed by atoms with Crippen molar-refractivity contribution in [1.29, 1.82) is 0 Å². The van der Waals surface area contributed by atoms with Gasteiger partial charge >= 0.3 is 0 Å². The first-order valence-electron chi connectivity index (χ1n) is 11.8. The number of allylic oxidation sites excluding steroid dienone is 1. The molecule has 0 unspecified atom stereocenters. The molecule has 2 aliphatic rings. The Bertz CT molecular complexity index is 790. The van der Waals surface area contributed by atoms with Crippen LogP contribution >= 0.6 is 23.2 Å². The number of rotatable bonds is 6. The first-order chi connectivity index (χ1) is 14.7. The van der Waals surface area contributed by atoms with E-state index >= 15 is 0 Å². The molecule has 2 saturated carbocycles. The molecule has 2 aromatic carbocycles. The summed E-state index contributed by atoms with van der Waals surface area (Å²) in [5.41, 5.74) is 5.73. The fraction of sp³-hybridized carbons (Fsp3) is 0.500. The Morgan fingerprint density at radius 1 is 0.700 bits per heavy atom. The zero-order chi connectivity index (χ0) is 20.8. The van der Waals surface area contributed by atoms with Gasteiger partial charge in [-0.1, -0.05) is 78.5 Å². The van der Waals surface area contributed by atoms with E-state index in [-0.39, 0.29) is 0 Å². The van der Waals surface area contributed by atoms with Crippen molar-refractivity contribution in [3.05, 3.63) is 70.7 Å². The molecule has 0 heterocycles. The Kier molecular flexibility index (Phi) is 7.96. The van der Waals surface area contributed by atoms with E-state index in [4.69, 9.17) is 23.2 Å². The van der Waals surface area contributed by atoms with E-state index in [0.717, 1.165) is 35.1 Å². The lowest BCUT2D eigenvalue weighted by molar-refractivity contribution is 0.157. The molecular weight excluding hydrogens is 407 g/mol. The standard InChI is InChI=1S/C28H34Cl2/c29-20-2-1-3-21-4-6-22(7-5-21)23-8-10-24(11-9-23)25-12-14-26(15-13-25)27-16-18-28(30)19-17-27/h2,12-24H,1,3-11H2/b20-2+. The molecule has 0 aliphatic heterocycles. The summed E-state index contributed by atoms with van der Waals surface area (Å²) in [6.45, 7) is 0. The lowest BCUT2D eigenvalue weighted by Gasteiger charge is -2.38. The molecule has 0 radical (unpaired) electrons. The minimum absolute atomic E-state index is 0.749. The number of hydrogen-bond acceptors (Lipinski definition) is 0. The van der Waals surface area contributed by atoms with Gasteiger partial charge in [0.15, 0.2) is 0 Å². The molecule has 2 aliphatic carbocycles. The van der Waals surface area contributed by atoms with Crippen LogP contribution in [0.1, 0.15) is 75.7 Å². The van der Waals surface area contributed by atoms with Crippen molar-refractivity contribution in [1.82, 2.24) is 0 Å². The highest BCUT2D eigenvalue weighted by molar-refractivity contribution is 6.30. The second-order valence-corrected chi connectivity index (χ2v) is 10.1. The molecule has 0 atom stereocenters. The van der Waals surface area contributed by atoms with Crippen molar-refractivity contribution in [3.8, 4) is 11.1 Å². The van der Waals surface area contributed by atoms with E-state index in [0.29, 0.717) is 0 Å². The zero-order valence-electron chi connectivity index (χ0n) is 17.9. The normalized spacial score (nSPS) is 27.4. The monoisotopic (exact) mass is 440 g/mol. The molecule has 2 aromatic rings. The van der Waals surface area contributed by atoms with E-state index in [2.05, 4.69) is 42.5 Å². The van der Waals surface area contributed by atoms with Crippen LogP contribution in [0.25, 0.3) is 11.1 Å². The summed E-state index contributed by atoms with van der Waals surface area (Å²) in [6, 6.07) is 17.4. The van der Waals surface area contributed by atoms with E-state index in [1.54, 1.807) is 5.54 Å². The summed E-state index contributed by atoms with van der Waals surface area (Å²) in [4.78, 5) is 0. The Hall–Kier alpha value is -1.24. The lowest BCUT2D eigenvalue weighted by Crippen LogP contribution is -2.25. The fourth-order valence-electron chi connectivity index (χ4n) is 5.86. The molecule has 4 rings (SSSR count). The highest BCUT2D eigenvalue weighted by atomic mass is 35.5. The van der Waals surface area contributed by atoms with Gasteiger partial charge in [-0.25, -0.2) is 0 Å². The van der Waals surface area contributed by atoms with Crippen LogP contribution in [-0.4, -0.2) is 0 Å². The van der Waals surface area contributed by atoms with Crippen molar-refractivity contribution < 1.29 is 0 Å². The Labute approximate surface area is 192 Å². The third-order valence-corrected chi connectivity index (χ3v) is 8.15. The largest absolute Gasteiger partial charge is 0.0933 e. The molecule has 0 amide bonds. The van der Waals surface area contributed by atoms with Crippen LogP contribution in [-0.2, 0) is 0 Å². The molecule has 2 heteroatoms. The van der Waals surface area contributed by atoms with Crippen molar-refractivity contribution in [3.63, 3.8) is 0 Å². The summed E-state index contributed by atoms with van der Waals surface area (Å²) in [7, 11) is 0. The van der Waals surface area contributed by atoms with E-state index in [1.807, 2.05) is 12.1 Å². The van der Waals surface area contributed by atoms with Gasteiger partial charge in [-0.3, -0.25) is 0 Å². The number of hydrogen-bond donors (Lipinski definition) is 0. The third-order valence-electron chi connectivity index (χ3n) is 7.72. The topological polar surface area (TPSA) is 0 Å². The molecule has 0 N–H and O–H groups in total. The molecule has 0 spiro atoms. The van der Waals surface area contributed by atoms with Gasteiger partial charge in [0.05, 0.1) is 0 Å². The minimum Gasteiger partial charge on any atom is -0.0933 e. The van der Waals surface area contributed by atoms with Gasteiger partial charge in [-0.15, -0.1) is 0 Å². The maximum atomic E-state index is 6.02. The molecule has 30 heavy (non-hydrogen) atoms. The van der Waals surface area contributed by atoms with Gasteiger partial charge in [-0.2, -0.15) is 0 Å². The van der Waals surface area contributed by atoms with Crippen molar-refractivity contribution >= 4 is 23.2 Å². The van der Waals surface area contributed by atoms with Crippen LogP contribution in [0.5, 0.6) is 0 Å². The van der Waals surface area contributed by atoms with Gasteiger partial charge in [0.2, 0.25) is 0 Å². The molecule has 160 valence electrons. The average Bonchev–Trinajstić information content (AvgIpc) is 2.81. The molecule has 2 fully saturated rings. The summed E-state index contributed by atoms with van der Waals surface area (Å²) in [5, 5.41) is 0.795. The maximum Gasteiger partial charge on any atom is 0.0406 e. The summed E-state index contributed by atoms with van der Waals surface area (Å²) in [5.74, 6) is 3.64. The van der Waals surface area contributed by atoms with Crippen molar-refractivity contribution in [2.45, 2.75) is 70.1 Å². The predicted octanol–water partition coefficient (Wildman–Crippen LogP) is 9.62.